The number of fused-ring (bicyclic) bond motifs is 3. The Morgan fingerprint density at radius 3 is 3.03 bits per heavy atom. The van der Waals surface area contributed by atoms with E-state index < -0.39 is 0 Å². The molecule has 162 valence electrons. The molecule has 6 heteroatoms. The van der Waals surface area contributed by atoms with Crippen molar-refractivity contribution in [1.29, 1.82) is 0 Å². The molecular weight excluding hydrogens is 410 g/mol. The van der Waals surface area contributed by atoms with Crippen molar-refractivity contribution in [3.05, 3.63) is 95.1 Å². The Labute approximate surface area is 191 Å². The number of hydrogen-bond acceptors (Lipinski definition) is 4. The Hall–Kier alpha value is -4.06. The monoisotopic (exact) mass is 433 g/mol. The Balaban J connectivity index is 1.44. The predicted molar refractivity (Wildman–Crippen MR) is 128 cm³/mol. The highest BCUT2D eigenvalue weighted by molar-refractivity contribution is 5.97. The second-order valence-corrected chi connectivity index (χ2v) is 8.42. The summed E-state index contributed by atoms with van der Waals surface area (Å²) in [7, 11) is 0. The molecule has 0 radical (unpaired) electrons. The number of allylic oxidation sites excluding steroid dienone is 2. The molecule has 1 amide bonds. The van der Waals surface area contributed by atoms with Crippen LogP contribution in [0.2, 0.25) is 0 Å². The molecule has 0 spiro atoms. The summed E-state index contributed by atoms with van der Waals surface area (Å²) in [6.07, 6.45) is 12.3. The lowest BCUT2D eigenvalue weighted by molar-refractivity contribution is 0.0943. The van der Waals surface area contributed by atoms with E-state index in [-0.39, 0.29) is 11.9 Å². The van der Waals surface area contributed by atoms with E-state index in [2.05, 4.69) is 44.6 Å². The van der Waals surface area contributed by atoms with Crippen molar-refractivity contribution in [2.24, 2.45) is 0 Å². The van der Waals surface area contributed by atoms with Crippen molar-refractivity contribution in [2.45, 2.75) is 32.2 Å². The predicted octanol–water partition coefficient (Wildman–Crippen LogP) is 5.17. The first kappa shape index (κ1) is 19.6. The Morgan fingerprint density at radius 2 is 2.15 bits per heavy atom. The summed E-state index contributed by atoms with van der Waals surface area (Å²) in [5.74, 6) is 0.737. The van der Waals surface area contributed by atoms with Gasteiger partial charge in [0.25, 0.3) is 5.91 Å². The van der Waals surface area contributed by atoms with Crippen LogP contribution in [0.1, 0.15) is 53.0 Å². The summed E-state index contributed by atoms with van der Waals surface area (Å²) in [6.45, 7) is 2.04. The minimum atomic E-state index is -0.191. The molecule has 2 aliphatic carbocycles. The van der Waals surface area contributed by atoms with Crippen molar-refractivity contribution in [3.63, 3.8) is 0 Å². The molecule has 1 aromatic carbocycles. The number of amides is 1. The molecule has 2 N–H and O–H groups in total. The number of nitrogens with zero attached hydrogens (tertiary/aromatic N) is 3. The average Bonchev–Trinajstić information content (AvgIpc) is 3.44. The van der Waals surface area contributed by atoms with E-state index in [1.165, 1.54) is 16.7 Å². The lowest BCUT2D eigenvalue weighted by Crippen LogP contribution is -2.28. The molecule has 2 aliphatic rings. The van der Waals surface area contributed by atoms with Gasteiger partial charge in [-0.2, -0.15) is 0 Å². The van der Waals surface area contributed by atoms with Gasteiger partial charge in [-0.25, -0.2) is 4.98 Å². The van der Waals surface area contributed by atoms with Crippen molar-refractivity contribution in [2.75, 3.05) is 0 Å². The smallest absolute Gasteiger partial charge is 0.252 e. The van der Waals surface area contributed by atoms with Crippen molar-refractivity contribution in [3.8, 4) is 11.4 Å². The van der Waals surface area contributed by atoms with Crippen LogP contribution in [0.15, 0.2) is 72.7 Å². The third kappa shape index (κ3) is 3.26. The lowest BCUT2D eigenvalue weighted by atomic mass is 9.93. The number of aromatic nitrogens is 4. The van der Waals surface area contributed by atoms with Crippen LogP contribution >= 0.6 is 0 Å². The van der Waals surface area contributed by atoms with E-state index in [1.54, 1.807) is 24.7 Å². The largest absolute Gasteiger partial charge is 0.341 e. The van der Waals surface area contributed by atoms with Gasteiger partial charge >= 0.3 is 0 Å². The number of aryl methyl sites for hydroxylation is 1. The van der Waals surface area contributed by atoms with E-state index >= 15 is 0 Å². The summed E-state index contributed by atoms with van der Waals surface area (Å²) in [4.78, 5) is 30.0. The molecule has 0 aliphatic heterocycles. The van der Waals surface area contributed by atoms with Crippen molar-refractivity contribution in [1.82, 2.24) is 25.3 Å². The van der Waals surface area contributed by atoms with Crippen LogP contribution in [0.4, 0.5) is 0 Å². The van der Waals surface area contributed by atoms with Gasteiger partial charge in [-0.05, 0) is 59.7 Å². The zero-order valence-electron chi connectivity index (χ0n) is 18.3. The highest BCUT2D eigenvalue weighted by Gasteiger charge is 2.34. The number of benzene rings is 1. The molecule has 33 heavy (non-hydrogen) atoms. The maximum atomic E-state index is 13.2. The van der Waals surface area contributed by atoms with Crippen LogP contribution in [0, 0.1) is 0 Å². The summed E-state index contributed by atoms with van der Waals surface area (Å²) in [5.41, 5.74) is 9.15. The molecule has 0 saturated carbocycles. The third-order valence-electron chi connectivity index (χ3n) is 6.48. The average molecular weight is 434 g/mol. The van der Waals surface area contributed by atoms with Gasteiger partial charge in [-0.3, -0.25) is 14.8 Å². The number of aromatic amines is 1. The summed E-state index contributed by atoms with van der Waals surface area (Å²) in [5, 5.41) is 3.29. The molecular formula is C27H23N5O. The fourth-order valence-corrected chi connectivity index (χ4v) is 4.90. The molecule has 4 aromatic rings. The summed E-state index contributed by atoms with van der Waals surface area (Å²) in [6, 6.07) is 11.6. The summed E-state index contributed by atoms with van der Waals surface area (Å²) >= 11 is 0. The Bertz CT molecular complexity index is 1430. The lowest BCUT2D eigenvalue weighted by Gasteiger charge is -2.18. The first-order valence-corrected chi connectivity index (χ1v) is 11.3. The van der Waals surface area contributed by atoms with Crippen molar-refractivity contribution < 1.29 is 4.79 Å². The normalized spacial score (nSPS) is 16.7. The highest BCUT2D eigenvalue weighted by atomic mass is 16.1. The topological polar surface area (TPSA) is 83.6 Å². The second kappa shape index (κ2) is 7.81. The van der Waals surface area contributed by atoms with Gasteiger partial charge in [0.2, 0.25) is 0 Å². The van der Waals surface area contributed by atoms with E-state index in [0.717, 1.165) is 52.9 Å². The number of rotatable bonds is 4. The van der Waals surface area contributed by atoms with Gasteiger partial charge in [0.05, 0.1) is 23.3 Å². The standard InChI is InChI=1S/C27H23N5O/c1-2-17-14-16(10-13-29-17)27(33)32-25-19-7-4-3-6-18(19)24-20(25)8-5-9-21(24)26-30-22-11-12-28-15-23(22)31-26/h4-5,7-15,25H,2-3,6H2,1H3,(H,30,31)(H,32,33). The molecule has 6 rings (SSSR count). The Kier molecular flexibility index (Phi) is 4.64. The van der Waals surface area contributed by atoms with Gasteiger partial charge in [0.1, 0.15) is 5.82 Å². The quantitative estimate of drug-likeness (QED) is 0.465. The van der Waals surface area contributed by atoms with Gasteiger partial charge in [0.15, 0.2) is 0 Å². The molecule has 3 aromatic heterocycles. The first-order valence-electron chi connectivity index (χ1n) is 11.3. The molecule has 0 fully saturated rings. The number of imidazole rings is 1. The molecule has 1 atom stereocenters. The Morgan fingerprint density at radius 1 is 1.21 bits per heavy atom. The van der Waals surface area contributed by atoms with Crippen molar-refractivity contribution >= 4 is 22.5 Å². The molecule has 6 nitrogen and oxygen atoms in total. The highest BCUT2D eigenvalue weighted by Crippen LogP contribution is 2.48. The summed E-state index contributed by atoms with van der Waals surface area (Å²) < 4.78 is 0. The zero-order valence-corrected chi connectivity index (χ0v) is 18.3. The molecule has 1 unspecified atom stereocenters. The number of hydrogen-bond donors (Lipinski definition) is 2. The second-order valence-electron chi connectivity index (χ2n) is 8.42. The van der Waals surface area contributed by atoms with Gasteiger partial charge in [0, 0.05) is 29.2 Å². The maximum absolute atomic E-state index is 13.2. The van der Waals surface area contributed by atoms with E-state index in [0.29, 0.717) is 5.56 Å². The van der Waals surface area contributed by atoms with E-state index in [9.17, 15) is 4.79 Å². The number of pyridine rings is 2. The number of nitrogens with one attached hydrogen (secondary N) is 2. The SMILES string of the molecule is CCc1cc(C(=O)NC2C3=C(CCC=C3)c3c(-c4nc5ccncc5[nH]4)cccc32)ccn1. The van der Waals surface area contributed by atoms with Crippen LogP contribution in [0.3, 0.4) is 0 Å². The molecule has 0 saturated heterocycles. The van der Waals surface area contributed by atoms with Crippen LogP contribution < -0.4 is 5.32 Å². The van der Waals surface area contributed by atoms with Crippen LogP contribution in [-0.2, 0) is 6.42 Å². The number of carbonyl (C=O) groups is 1. The van der Waals surface area contributed by atoms with E-state index in [1.807, 2.05) is 25.1 Å². The van der Waals surface area contributed by atoms with Gasteiger partial charge in [-0.15, -0.1) is 0 Å². The fourth-order valence-electron chi connectivity index (χ4n) is 4.90. The molecule has 0 bridgehead atoms. The zero-order chi connectivity index (χ0) is 22.4. The van der Waals surface area contributed by atoms with Gasteiger partial charge < -0.3 is 10.3 Å². The molecule has 3 heterocycles. The maximum Gasteiger partial charge on any atom is 0.252 e. The third-order valence-corrected chi connectivity index (χ3v) is 6.48. The number of carbonyl (C=O) groups excluding carboxylic acids is 1. The van der Waals surface area contributed by atoms with E-state index in [4.69, 9.17) is 4.98 Å². The first-order chi connectivity index (χ1) is 16.2. The minimum absolute atomic E-state index is 0.0870. The van der Waals surface area contributed by atoms with Crippen LogP contribution in [0.25, 0.3) is 28.0 Å². The van der Waals surface area contributed by atoms with Gasteiger partial charge in [-0.1, -0.05) is 37.3 Å². The van der Waals surface area contributed by atoms with Crippen LogP contribution in [0.5, 0.6) is 0 Å². The van der Waals surface area contributed by atoms with Crippen LogP contribution in [-0.4, -0.2) is 25.8 Å². The number of H-pyrrole nitrogens is 1. The fraction of sp³-hybridized carbons (Fsp3) is 0.185. The minimum Gasteiger partial charge on any atom is -0.341 e.